The first-order valence-electron chi connectivity index (χ1n) is 9.92. The molecule has 0 unspecified atom stereocenters. The SMILES string of the molecule is COc1ccc2c(C[NH+]3CCC(C(=O)Nc4ccccc4)CC3)cc(=O)oc2c1. The van der Waals surface area contributed by atoms with Gasteiger partial charge in [-0.15, -0.1) is 0 Å². The smallest absolute Gasteiger partial charge is 0.336 e. The van der Waals surface area contributed by atoms with Gasteiger partial charge in [0.15, 0.2) is 0 Å². The minimum Gasteiger partial charge on any atom is -0.497 e. The number of ether oxygens (including phenoxy) is 1. The van der Waals surface area contributed by atoms with E-state index in [1.807, 2.05) is 42.5 Å². The Hall–Kier alpha value is -3.12. The second kappa shape index (κ2) is 8.49. The van der Waals surface area contributed by atoms with E-state index in [0.29, 0.717) is 11.3 Å². The molecule has 1 fully saturated rings. The number of methoxy groups -OCH3 is 1. The number of amides is 1. The molecule has 0 radical (unpaired) electrons. The molecule has 0 bridgehead atoms. The number of nitrogens with one attached hydrogen (secondary N) is 2. The summed E-state index contributed by atoms with van der Waals surface area (Å²) in [4.78, 5) is 25.9. The van der Waals surface area contributed by atoms with Crippen LogP contribution in [0.3, 0.4) is 0 Å². The lowest BCUT2D eigenvalue weighted by molar-refractivity contribution is -0.919. The van der Waals surface area contributed by atoms with Crippen LogP contribution < -0.4 is 20.6 Å². The van der Waals surface area contributed by atoms with Gasteiger partial charge in [-0.2, -0.15) is 0 Å². The van der Waals surface area contributed by atoms with Crippen molar-refractivity contribution in [3.8, 4) is 5.75 Å². The van der Waals surface area contributed by atoms with Crippen molar-refractivity contribution in [2.45, 2.75) is 19.4 Å². The third-order valence-electron chi connectivity index (χ3n) is 5.58. The van der Waals surface area contributed by atoms with Gasteiger partial charge in [0.1, 0.15) is 17.9 Å². The fraction of sp³-hybridized carbons (Fsp3) is 0.304. The van der Waals surface area contributed by atoms with Crippen LogP contribution in [0, 0.1) is 5.92 Å². The summed E-state index contributed by atoms with van der Waals surface area (Å²) in [6.45, 7) is 2.52. The van der Waals surface area contributed by atoms with Gasteiger partial charge >= 0.3 is 5.63 Å². The Morgan fingerprint density at radius 2 is 1.90 bits per heavy atom. The fourth-order valence-corrected chi connectivity index (χ4v) is 3.98. The van der Waals surface area contributed by atoms with Crippen LogP contribution in [0.5, 0.6) is 5.75 Å². The molecule has 4 rings (SSSR count). The van der Waals surface area contributed by atoms with Crippen LogP contribution >= 0.6 is 0 Å². The number of fused-ring (bicyclic) bond motifs is 1. The van der Waals surface area contributed by atoms with Gasteiger partial charge in [0.25, 0.3) is 0 Å². The van der Waals surface area contributed by atoms with Crippen molar-refractivity contribution in [3.63, 3.8) is 0 Å². The highest BCUT2D eigenvalue weighted by Gasteiger charge is 2.28. The third-order valence-corrected chi connectivity index (χ3v) is 5.58. The van der Waals surface area contributed by atoms with Gasteiger partial charge in [0.05, 0.1) is 20.2 Å². The number of carbonyl (C=O) groups excluding carboxylic acids is 1. The maximum Gasteiger partial charge on any atom is 0.336 e. The fourth-order valence-electron chi connectivity index (χ4n) is 3.98. The third kappa shape index (κ3) is 4.49. The molecular formula is C23H25N2O4+. The highest BCUT2D eigenvalue weighted by atomic mass is 16.5. The summed E-state index contributed by atoms with van der Waals surface area (Å²) in [5.41, 5.74) is 2.01. The molecule has 6 nitrogen and oxygen atoms in total. The number of carbonyl (C=O) groups is 1. The van der Waals surface area contributed by atoms with Crippen LogP contribution in [0.15, 0.2) is 63.8 Å². The van der Waals surface area contributed by atoms with E-state index in [-0.39, 0.29) is 17.5 Å². The monoisotopic (exact) mass is 393 g/mol. The first-order chi connectivity index (χ1) is 14.1. The number of hydrogen-bond acceptors (Lipinski definition) is 4. The van der Waals surface area contributed by atoms with Crippen LogP contribution in [0.4, 0.5) is 5.69 Å². The quantitative estimate of drug-likeness (QED) is 0.652. The average Bonchev–Trinajstić information content (AvgIpc) is 2.74. The standard InChI is InChI=1S/C23H24N2O4/c1-28-19-7-8-20-17(13-22(26)29-21(20)14-19)15-25-11-9-16(10-12-25)23(27)24-18-5-3-2-4-6-18/h2-8,13-14,16H,9-12,15H2,1H3,(H,24,27)/p+1. The molecule has 1 aliphatic heterocycles. The highest BCUT2D eigenvalue weighted by molar-refractivity contribution is 5.92. The minimum absolute atomic E-state index is 0.0285. The van der Waals surface area contributed by atoms with Crippen LogP contribution in [-0.4, -0.2) is 26.1 Å². The van der Waals surface area contributed by atoms with Gasteiger partial charge in [0, 0.05) is 47.5 Å². The molecule has 150 valence electrons. The molecule has 6 heteroatoms. The van der Waals surface area contributed by atoms with E-state index < -0.39 is 0 Å². The zero-order chi connectivity index (χ0) is 20.2. The van der Waals surface area contributed by atoms with Gasteiger partial charge < -0.3 is 19.4 Å². The number of anilines is 1. The van der Waals surface area contributed by atoms with Gasteiger partial charge in [-0.05, 0) is 24.3 Å². The highest BCUT2D eigenvalue weighted by Crippen LogP contribution is 2.22. The van der Waals surface area contributed by atoms with E-state index >= 15 is 0 Å². The molecule has 1 amide bonds. The van der Waals surface area contributed by atoms with Crippen molar-refractivity contribution in [1.82, 2.24) is 0 Å². The number of quaternary nitrogens is 1. The van der Waals surface area contributed by atoms with Crippen LogP contribution in [0.2, 0.25) is 0 Å². The number of likely N-dealkylation sites (tertiary alicyclic amines) is 1. The summed E-state index contributed by atoms with van der Waals surface area (Å²) in [6.07, 6.45) is 1.67. The summed E-state index contributed by atoms with van der Waals surface area (Å²) < 4.78 is 10.6. The molecule has 1 aliphatic rings. The Morgan fingerprint density at radius 3 is 2.62 bits per heavy atom. The zero-order valence-electron chi connectivity index (χ0n) is 16.4. The van der Waals surface area contributed by atoms with Crippen molar-refractivity contribution in [1.29, 1.82) is 0 Å². The summed E-state index contributed by atoms with van der Waals surface area (Å²) in [6, 6.07) is 16.7. The molecule has 3 aromatic rings. The average molecular weight is 393 g/mol. The number of benzene rings is 2. The largest absolute Gasteiger partial charge is 0.497 e. The molecule has 0 spiro atoms. The predicted octanol–water partition coefficient (Wildman–Crippen LogP) is 2.24. The first kappa shape index (κ1) is 19.2. The lowest BCUT2D eigenvalue weighted by Crippen LogP contribution is -3.11. The van der Waals surface area contributed by atoms with E-state index in [1.54, 1.807) is 19.2 Å². The topological polar surface area (TPSA) is 73.0 Å². The molecule has 2 heterocycles. The Labute approximate surface area is 169 Å². The van der Waals surface area contributed by atoms with E-state index in [9.17, 15) is 9.59 Å². The summed E-state index contributed by atoms with van der Waals surface area (Å²) in [5.74, 6) is 0.782. The molecule has 2 N–H and O–H groups in total. The molecule has 1 aromatic heterocycles. The lowest BCUT2D eigenvalue weighted by Gasteiger charge is -2.28. The van der Waals surface area contributed by atoms with E-state index in [4.69, 9.17) is 9.15 Å². The Morgan fingerprint density at radius 1 is 1.14 bits per heavy atom. The number of para-hydroxylation sites is 1. The summed E-state index contributed by atoms with van der Waals surface area (Å²) in [5, 5.41) is 3.94. The summed E-state index contributed by atoms with van der Waals surface area (Å²) >= 11 is 0. The molecule has 0 saturated carbocycles. The second-order valence-corrected chi connectivity index (χ2v) is 7.51. The predicted molar refractivity (Wildman–Crippen MR) is 111 cm³/mol. The Kier molecular flexibility index (Phi) is 5.62. The molecule has 29 heavy (non-hydrogen) atoms. The van der Waals surface area contributed by atoms with Gasteiger partial charge in [-0.3, -0.25) is 4.79 Å². The van der Waals surface area contributed by atoms with Crippen molar-refractivity contribution in [3.05, 3.63) is 70.6 Å². The Bertz CT molecular complexity index is 1050. The number of rotatable bonds is 5. The maximum atomic E-state index is 12.5. The molecule has 0 aliphatic carbocycles. The number of hydrogen-bond donors (Lipinski definition) is 2. The van der Waals surface area contributed by atoms with Crippen molar-refractivity contribution in [2.24, 2.45) is 5.92 Å². The van der Waals surface area contributed by atoms with E-state index in [2.05, 4.69) is 5.32 Å². The van der Waals surface area contributed by atoms with E-state index in [1.165, 1.54) is 4.90 Å². The van der Waals surface area contributed by atoms with E-state index in [0.717, 1.165) is 49.1 Å². The van der Waals surface area contributed by atoms with Crippen LogP contribution in [0.1, 0.15) is 18.4 Å². The van der Waals surface area contributed by atoms with Crippen LogP contribution in [0.25, 0.3) is 11.0 Å². The first-order valence-corrected chi connectivity index (χ1v) is 9.92. The van der Waals surface area contributed by atoms with Crippen molar-refractivity contribution >= 4 is 22.6 Å². The van der Waals surface area contributed by atoms with Gasteiger partial charge in [0.2, 0.25) is 5.91 Å². The lowest BCUT2D eigenvalue weighted by atomic mass is 9.95. The van der Waals surface area contributed by atoms with Crippen molar-refractivity contribution in [2.75, 3.05) is 25.5 Å². The molecule has 2 aromatic carbocycles. The molecule has 0 atom stereocenters. The van der Waals surface area contributed by atoms with Crippen molar-refractivity contribution < 1.29 is 18.8 Å². The molecular weight excluding hydrogens is 368 g/mol. The molecule has 1 saturated heterocycles. The minimum atomic E-state index is -0.350. The van der Waals surface area contributed by atoms with Gasteiger partial charge in [-0.1, -0.05) is 18.2 Å². The second-order valence-electron chi connectivity index (χ2n) is 7.51. The Balaban J connectivity index is 1.41. The maximum absolute atomic E-state index is 12.5. The van der Waals surface area contributed by atoms with Gasteiger partial charge in [-0.25, -0.2) is 4.79 Å². The van der Waals surface area contributed by atoms with Crippen LogP contribution in [-0.2, 0) is 11.3 Å². The summed E-state index contributed by atoms with van der Waals surface area (Å²) in [7, 11) is 1.59. The zero-order valence-corrected chi connectivity index (χ0v) is 16.4. The normalized spacial score (nSPS) is 19.1. The number of piperidine rings is 1.